The number of anilines is 2. The van der Waals surface area contributed by atoms with E-state index in [2.05, 4.69) is 25.1 Å². The monoisotopic (exact) mass is 762 g/mol. The van der Waals surface area contributed by atoms with E-state index >= 15 is 0 Å². The van der Waals surface area contributed by atoms with Crippen LogP contribution in [-0.4, -0.2) is 77.8 Å². The van der Waals surface area contributed by atoms with Gasteiger partial charge in [-0.25, -0.2) is 10.6 Å². The number of para-hydroxylation sites is 2. The molecule has 1 amide bonds. The molecule has 2 saturated heterocycles. The fraction of sp³-hybridized carbons (Fsp3) is 0.371. The molecule has 4 aromatic rings. The number of carbonyl (C=O) groups is 2. The van der Waals surface area contributed by atoms with Crippen LogP contribution in [0.5, 0.6) is 11.5 Å². The predicted molar refractivity (Wildman–Crippen MR) is 182 cm³/mol. The lowest BCUT2D eigenvalue weighted by molar-refractivity contribution is -0.140. The summed E-state index contributed by atoms with van der Waals surface area (Å²) in [5.41, 5.74) is 0.649. The van der Waals surface area contributed by atoms with Crippen LogP contribution in [0.25, 0.3) is 0 Å². The summed E-state index contributed by atoms with van der Waals surface area (Å²) >= 11 is 0. The number of esters is 1. The molecule has 0 saturated carbocycles. The fourth-order valence-corrected chi connectivity index (χ4v) is 5.77. The molecular formula is C35H36F6N8O5. The van der Waals surface area contributed by atoms with Gasteiger partial charge in [0.25, 0.3) is 5.91 Å². The molecule has 19 heteroatoms. The number of nitrogens with zero attached hydrogens (tertiary/aromatic N) is 6. The highest BCUT2D eigenvalue weighted by molar-refractivity contribution is 5.91. The lowest BCUT2D eigenvalue weighted by atomic mass is 10.1. The number of hydrogen-bond donors (Lipinski definition) is 2. The Kier molecular flexibility index (Phi) is 12.7. The summed E-state index contributed by atoms with van der Waals surface area (Å²) in [6.45, 7) is 2.22. The van der Waals surface area contributed by atoms with Crippen molar-refractivity contribution in [3.05, 3.63) is 95.3 Å². The number of carbonyl (C=O) groups excluding carboxylic acids is 2. The topological polar surface area (TPSA) is 158 Å². The molecule has 3 N–H and O–H groups in total. The third-order valence-corrected chi connectivity index (χ3v) is 8.56. The molecule has 0 radical (unpaired) electrons. The second kappa shape index (κ2) is 17.4. The van der Waals surface area contributed by atoms with Gasteiger partial charge < -0.3 is 24.0 Å². The van der Waals surface area contributed by atoms with Crippen LogP contribution in [0.15, 0.2) is 72.8 Å². The smallest absolute Gasteiger partial charge is 0.419 e. The van der Waals surface area contributed by atoms with Gasteiger partial charge in [0, 0.05) is 51.9 Å². The minimum Gasteiger partial charge on any atom is -0.490 e. The molecule has 2 aliphatic rings. The normalized spacial score (nSPS) is 15.5. The summed E-state index contributed by atoms with van der Waals surface area (Å²) < 4.78 is 94.2. The number of hydrogen-bond acceptors (Lipinski definition) is 12. The molecule has 2 aromatic carbocycles. The molecule has 0 bridgehead atoms. The van der Waals surface area contributed by atoms with E-state index in [1.807, 2.05) is 15.2 Å². The number of amides is 1. The van der Waals surface area contributed by atoms with Gasteiger partial charge in [0.2, 0.25) is 0 Å². The van der Waals surface area contributed by atoms with Crippen molar-refractivity contribution in [2.24, 2.45) is 5.84 Å². The van der Waals surface area contributed by atoms with Crippen molar-refractivity contribution in [1.82, 2.24) is 25.8 Å². The van der Waals surface area contributed by atoms with Gasteiger partial charge in [0.1, 0.15) is 23.7 Å². The van der Waals surface area contributed by atoms with Gasteiger partial charge in [-0.3, -0.25) is 10.2 Å². The van der Waals surface area contributed by atoms with Crippen molar-refractivity contribution in [3.63, 3.8) is 0 Å². The van der Waals surface area contributed by atoms with Crippen LogP contribution in [0.1, 0.15) is 57.8 Å². The molecule has 54 heavy (non-hydrogen) atoms. The highest BCUT2D eigenvalue weighted by atomic mass is 19.4. The Bertz CT molecular complexity index is 1710. The largest absolute Gasteiger partial charge is 0.490 e. The van der Waals surface area contributed by atoms with E-state index in [-0.39, 0.29) is 35.1 Å². The van der Waals surface area contributed by atoms with Crippen molar-refractivity contribution in [3.8, 4) is 11.5 Å². The van der Waals surface area contributed by atoms with Crippen LogP contribution in [0, 0.1) is 0 Å². The van der Waals surface area contributed by atoms with Crippen molar-refractivity contribution in [2.75, 3.05) is 43.1 Å². The first-order valence-electron chi connectivity index (χ1n) is 16.7. The molecule has 288 valence electrons. The molecule has 2 fully saturated rings. The molecule has 0 unspecified atom stereocenters. The van der Waals surface area contributed by atoms with Crippen LogP contribution in [0.2, 0.25) is 0 Å². The number of nitrogen functional groups attached to an aromatic ring is 1. The van der Waals surface area contributed by atoms with E-state index in [1.54, 1.807) is 12.1 Å². The number of nitrogens with one attached hydrogen (secondary N) is 1. The number of alkyl halides is 6. The summed E-state index contributed by atoms with van der Waals surface area (Å²) in [7, 11) is 1.26. The third-order valence-electron chi connectivity index (χ3n) is 8.56. The average Bonchev–Trinajstić information content (AvgIpc) is 3.18. The fourth-order valence-electron chi connectivity index (χ4n) is 5.77. The number of benzene rings is 2. The molecule has 6 rings (SSSR count). The van der Waals surface area contributed by atoms with Crippen molar-refractivity contribution in [1.29, 1.82) is 0 Å². The number of nitrogens with two attached hydrogens (primary N) is 1. The van der Waals surface area contributed by atoms with Crippen LogP contribution < -0.4 is 30.5 Å². The first-order chi connectivity index (χ1) is 25.8. The predicted octanol–water partition coefficient (Wildman–Crippen LogP) is 5.48. The van der Waals surface area contributed by atoms with Crippen molar-refractivity contribution in [2.45, 2.75) is 50.2 Å². The Hall–Kier alpha value is -5.72. The number of methoxy groups -OCH3 is 1. The molecule has 4 heterocycles. The van der Waals surface area contributed by atoms with Gasteiger partial charge >= 0.3 is 18.3 Å². The van der Waals surface area contributed by atoms with E-state index in [9.17, 15) is 35.9 Å². The van der Waals surface area contributed by atoms with Crippen LogP contribution in [0.3, 0.4) is 0 Å². The molecule has 0 atom stereocenters. The molecule has 13 nitrogen and oxygen atoms in total. The first kappa shape index (κ1) is 39.5. The van der Waals surface area contributed by atoms with E-state index in [1.165, 1.54) is 55.6 Å². The van der Waals surface area contributed by atoms with Gasteiger partial charge in [-0.05, 0) is 48.5 Å². The Morgan fingerprint density at radius 3 is 1.41 bits per heavy atom. The molecule has 0 spiro atoms. The molecule has 2 aliphatic heterocycles. The molecular weight excluding hydrogens is 726 g/mol. The number of halogens is 6. The number of aromatic nitrogens is 4. The van der Waals surface area contributed by atoms with E-state index in [4.69, 9.17) is 15.3 Å². The number of piperidine rings is 2. The number of ether oxygens (including phenoxy) is 3. The Morgan fingerprint density at radius 1 is 0.648 bits per heavy atom. The molecule has 2 aromatic heterocycles. The summed E-state index contributed by atoms with van der Waals surface area (Å²) in [4.78, 5) is 26.6. The van der Waals surface area contributed by atoms with E-state index in [0.29, 0.717) is 63.5 Å². The van der Waals surface area contributed by atoms with Gasteiger partial charge in [0.05, 0.1) is 18.2 Å². The zero-order valence-electron chi connectivity index (χ0n) is 28.8. The van der Waals surface area contributed by atoms with Crippen LogP contribution in [-0.2, 0) is 17.1 Å². The highest BCUT2D eigenvalue weighted by Crippen LogP contribution is 2.38. The summed E-state index contributed by atoms with van der Waals surface area (Å²) in [5.74, 6) is 4.81. The summed E-state index contributed by atoms with van der Waals surface area (Å²) in [6.07, 6.45) is -7.36. The molecule has 0 aliphatic carbocycles. The van der Waals surface area contributed by atoms with Crippen LogP contribution >= 0.6 is 0 Å². The lowest BCUT2D eigenvalue weighted by Crippen LogP contribution is -2.39. The maximum atomic E-state index is 13.1. The van der Waals surface area contributed by atoms with Crippen molar-refractivity contribution < 1.29 is 50.1 Å². The van der Waals surface area contributed by atoms with Gasteiger partial charge in [-0.2, -0.15) is 26.3 Å². The highest BCUT2D eigenvalue weighted by Gasteiger charge is 2.36. The standard InChI is InChI=1S/C18H18F3N3O3.C17H18F3N5O2/c1-26-17(25)14-6-7-16(23-22-14)24-10-8-12(9-11-24)27-15-5-3-2-4-13(15)18(19,20)21;18-17(19,20)12-3-1-2-4-14(12)27-11-7-9-25(10-8-11)15-6-5-13(23-24-15)16(26)22-21/h2-7,12H,8-11H2,1H3;1-6,11H,7-10,21H2,(H,22,26). The number of rotatable bonds is 8. The maximum absolute atomic E-state index is 13.1. The summed E-state index contributed by atoms with van der Waals surface area (Å²) in [6, 6.07) is 16.8. The second-order valence-electron chi connectivity index (χ2n) is 12.1. The zero-order chi connectivity index (χ0) is 38.9. The Morgan fingerprint density at radius 2 is 1.06 bits per heavy atom. The SMILES string of the molecule is COC(=O)c1ccc(N2CCC(Oc3ccccc3C(F)(F)F)CC2)nn1.NNC(=O)c1ccc(N2CCC(Oc3ccccc3C(F)(F)F)CC2)nn1. The maximum Gasteiger partial charge on any atom is 0.419 e. The number of hydrazine groups is 1. The Labute approximate surface area is 305 Å². The Balaban J connectivity index is 0.000000208. The minimum absolute atomic E-state index is 0.100. The van der Waals surface area contributed by atoms with E-state index in [0.717, 1.165) is 12.1 Å². The van der Waals surface area contributed by atoms with Gasteiger partial charge in [0.15, 0.2) is 23.0 Å². The zero-order valence-corrected chi connectivity index (χ0v) is 28.8. The quantitative estimate of drug-likeness (QED) is 0.0768. The van der Waals surface area contributed by atoms with Gasteiger partial charge in [-0.1, -0.05) is 24.3 Å². The van der Waals surface area contributed by atoms with Gasteiger partial charge in [-0.15, -0.1) is 20.4 Å². The van der Waals surface area contributed by atoms with Crippen molar-refractivity contribution >= 4 is 23.5 Å². The summed E-state index contributed by atoms with van der Waals surface area (Å²) in [5, 5.41) is 15.6. The third kappa shape index (κ3) is 10.2. The average molecular weight is 763 g/mol. The minimum atomic E-state index is -4.45. The second-order valence-corrected chi connectivity index (χ2v) is 12.1. The lowest BCUT2D eigenvalue weighted by Gasteiger charge is -2.33. The first-order valence-corrected chi connectivity index (χ1v) is 16.7. The van der Waals surface area contributed by atoms with Crippen LogP contribution in [0.4, 0.5) is 38.0 Å². The van der Waals surface area contributed by atoms with E-state index < -0.39 is 35.4 Å².